The van der Waals surface area contributed by atoms with Crippen LogP contribution in [0.25, 0.3) is 0 Å². The molecular formula is C19H28F3N3O6. The van der Waals surface area contributed by atoms with Crippen LogP contribution in [0.4, 0.5) is 13.2 Å². The lowest BCUT2D eigenvalue weighted by Crippen LogP contribution is -2.47. The summed E-state index contributed by atoms with van der Waals surface area (Å²) in [4.78, 5) is 24.5. The number of aromatic nitrogens is 1. The molecule has 12 heteroatoms. The summed E-state index contributed by atoms with van der Waals surface area (Å²) in [5.74, 6) is -1.93. The van der Waals surface area contributed by atoms with Crippen molar-refractivity contribution >= 4 is 11.9 Å². The van der Waals surface area contributed by atoms with Gasteiger partial charge in [-0.15, -0.1) is 0 Å². The molecule has 0 bridgehead atoms. The Bertz CT molecular complexity index is 754. The average molecular weight is 451 g/mol. The van der Waals surface area contributed by atoms with Gasteiger partial charge in [0.05, 0.1) is 24.0 Å². The maximum Gasteiger partial charge on any atom is 0.490 e. The lowest BCUT2D eigenvalue weighted by molar-refractivity contribution is -0.192. The second kappa shape index (κ2) is 10.4. The summed E-state index contributed by atoms with van der Waals surface area (Å²) in [5.41, 5.74) is 0.815. The molecule has 9 nitrogen and oxygen atoms in total. The Morgan fingerprint density at radius 3 is 2.65 bits per heavy atom. The predicted molar refractivity (Wildman–Crippen MR) is 101 cm³/mol. The first-order chi connectivity index (χ1) is 14.4. The molecule has 0 aliphatic carbocycles. The molecule has 3 rings (SSSR count). The highest BCUT2D eigenvalue weighted by Gasteiger charge is 2.44. The molecule has 1 aromatic heterocycles. The van der Waals surface area contributed by atoms with E-state index in [2.05, 4.69) is 10.1 Å². The van der Waals surface area contributed by atoms with E-state index in [1.807, 2.05) is 13.0 Å². The van der Waals surface area contributed by atoms with E-state index in [0.717, 1.165) is 50.4 Å². The third-order valence-corrected chi connectivity index (χ3v) is 5.04. The number of carbonyl (C=O) groups is 2. The third kappa shape index (κ3) is 7.78. The second-order valence-electron chi connectivity index (χ2n) is 7.97. The third-order valence-electron chi connectivity index (χ3n) is 5.04. The number of carbonyl (C=O) groups excluding carboxylic acids is 1. The zero-order valence-corrected chi connectivity index (χ0v) is 17.8. The Labute approximate surface area is 178 Å². The molecule has 2 fully saturated rings. The molecule has 2 saturated heterocycles. The van der Waals surface area contributed by atoms with E-state index >= 15 is 0 Å². The van der Waals surface area contributed by atoms with Crippen LogP contribution in [-0.4, -0.2) is 90.2 Å². The highest BCUT2D eigenvalue weighted by Crippen LogP contribution is 2.36. The fourth-order valence-electron chi connectivity index (χ4n) is 3.56. The summed E-state index contributed by atoms with van der Waals surface area (Å²) in [6.07, 6.45) is -2.09. The smallest absolute Gasteiger partial charge is 0.475 e. The zero-order valence-electron chi connectivity index (χ0n) is 17.8. The molecule has 176 valence electrons. The number of carboxylic acid groups (broad SMARTS) is 1. The van der Waals surface area contributed by atoms with Crippen molar-refractivity contribution in [2.75, 3.05) is 40.4 Å². The largest absolute Gasteiger partial charge is 0.490 e. The van der Waals surface area contributed by atoms with Gasteiger partial charge in [-0.1, -0.05) is 5.16 Å². The Morgan fingerprint density at radius 1 is 1.42 bits per heavy atom. The van der Waals surface area contributed by atoms with Crippen molar-refractivity contribution in [1.82, 2.24) is 15.0 Å². The first-order valence-corrected chi connectivity index (χ1v) is 9.80. The van der Waals surface area contributed by atoms with Crippen molar-refractivity contribution in [1.29, 1.82) is 0 Å². The number of likely N-dealkylation sites (N-methyl/N-ethyl adjacent to an activating group) is 1. The van der Waals surface area contributed by atoms with Crippen LogP contribution >= 0.6 is 0 Å². The van der Waals surface area contributed by atoms with Gasteiger partial charge in [0.1, 0.15) is 12.4 Å². The second-order valence-corrected chi connectivity index (χ2v) is 7.97. The van der Waals surface area contributed by atoms with Crippen LogP contribution in [0, 0.1) is 6.92 Å². The van der Waals surface area contributed by atoms with E-state index in [1.54, 1.807) is 19.0 Å². The molecule has 2 aliphatic rings. The number of nitrogens with zero attached hydrogens (tertiary/aromatic N) is 3. The summed E-state index contributed by atoms with van der Waals surface area (Å²) in [6.45, 7) is 5.30. The SMILES string of the molecule is Cc1cc(CN2CCC[C@]3(C[C@@H](OCC(=O)N(C)C)CO3)C2)no1.O=C(O)C(F)(F)F. The van der Waals surface area contributed by atoms with Gasteiger partial charge < -0.3 is 24.0 Å². The van der Waals surface area contributed by atoms with Crippen LogP contribution in [0.1, 0.15) is 30.7 Å². The highest BCUT2D eigenvalue weighted by atomic mass is 19.4. The molecule has 2 atom stereocenters. The van der Waals surface area contributed by atoms with Crippen molar-refractivity contribution in [3.63, 3.8) is 0 Å². The monoisotopic (exact) mass is 451 g/mol. The van der Waals surface area contributed by atoms with E-state index in [0.29, 0.717) is 6.61 Å². The number of piperidine rings is 1. The lowest BCUT2D eigenvalue weighted by atomic mass is 9.89. The molecule has 1 spiro atoms. The average Bonchev–Trinajstić information content (AvgIpc) is 3.25. The molecular weight excluding hydrogens is 423 g/mol. The van der Waals surface area contributed by atoms with Crippen molar-refractivity contribution in [2.45, 2.75) is 50.6 Å². The molecule has 0 radical (unpaired) electrons. The van der Waals surface area contributed by atoms with E-state index in [1.165, 1.54) is 0 Å². The molecule has 0 saturated carbocycles. The van der Waals surface area contributed by atoms with Gasteiger partial charge >= 0.3 is 12.1 Å². The summed E-state index contributed by atoms with van der Waals surface area (Å²) in [7, 11) is 3.48. The number of hydrogen-bond donors (Lipinski definition) is 1. The van der Waals surface area contributed by atoms with Crippen molar-refractivity contribution in [3.05, 3.63) is 17.5 Å². The molecule has 31 heavy (non-hydrogen) atoms. The van der Waals surface area contributed by atoms with Gasteiger partial charge in [-0.25, -0.2) is 4.79 Å². The number of aryl methyl sites for hydroxylation is 1. The normalized spacial score (nSPS) is 24.0. The van der Waals surface area contributed by atoms with E-state index in [-0.39, 0.29) is 24.2 Å². The number of alkyl halides is 3. The Morgan fingerprint density at radius 2 is 2.10 bits per heavy atom. The number of amides is 1. The molecule has 3 heterocycles. The van der Waals surface area contributed by atoms with Gasteiger partial charge in [0.15, 0.2) is 0 Å². The summed E-state index contributed by atoms with van der Waals surface area (Å²) in [5, 5.41) is 11.2. The molecule has 1 aromatic rings. The Balaban J connectivity index is 0.000000423. The maximum atomic E-state index is 11.7. The maximum absolute atomic E-state index is 11.7. The lowest BCUT2D eigenvalue weighted by Gasteiger charge is -2.39. The minimum atomic E-state index is -5.08. The molecule has 0 aromatic carbocycles. The van der Waals surface area contributed by atoms with Crippen LogP contribution in [-0.2, 0) is 25.6 Å². The summed E-state index contributed by atoms with van der Waals surface area (Å²) >= 11 is 0. The number of halogens is 3. The molecule has 0 unspecified atom stereocenters. The van der Waals surface area contributed by atoms with Gasteiger partial charge in [-0.05, 0) is 26.3 Å². The van der Waals surface area contributed by atoms with E-state index in [9.17, 15) is 18.0 Å². The number of carboxylic acids is 1. The predicted octanol–water partition coefficient (Wildman–Crippen LogP) is 1.84. The topological polar surface area (TPSA) is 105 Å². The fourth-order valence-corrected chi connectivity index (χ4v) is 3.56. The zero-order chi connectivity index (χ0) is 23.2. The Kier molecular flexibility index (Phi) is 8.43. The highest BCUT2D eigenvalue weighted by molar-refractivity contribution is 5.76. The van der Waals surface area contributed by atoms with Gasteiger partial charge in [0.25, 0.3) is 0 Å². The number of ether oxygens (including phenoxy) is 2. The van der Waals surface area contributed by atoms with Gasteiger partial charge in [0.2, 0.25) is 5.91 Å². The minimum absolute atomic E-state index is 0.00291. The van der Waals surface area contributed by atoms with E-state index < -0.39 is 12.1 Å². The van der Waals surface area contributed by atoms with Crippen molar-refractivity contribution in [2.24, 2.45) is 0 Å². The molecule has 1 amide bonds. The standard InChI is InChI=1S/C17H27N3O4.C2HF3O2/c1-13-7-14(18-24-13)9-20-6-4-5-17(12-20)8-15(10-23-17)22-11-16(21)19(2)3;3-2(4,5)1(6)7/h7,15H,4-6,8-12H2,1-3H3;(H,6,7)/t15-,17+;/m1./s1. The number of likely N-dealkylation sites (tertiary alicyclic amines) is 1. The first-order valence-electron chi connectivity index (χ1n) is 9.80. The van der Waals surface area contributed by atoms with Crippen LogP contribution in [0.2, 0.25) is 0 Å². The Hall–Kier alpha value is -2.18. The van der Waals surface area contributed by atoms with Crippen LogP contribution in [0.15, 0.2) is 10.6 Å². The van der Waals surface area contributed by atoms with Crippen LogP contribution in [0.3, 0.4) is 0 Å². The van der Waals surface area contributed by atoms with Crippen molar-refractivity contribution < 1.29 is 41.9 Å². The van der Waals surface area contributed by atoms with Crippen LogP contribution in [0.5, 0.6) is 0 Å². The van der Waals surface area contributed by atoms with Gasteiger partial charge in [0, 0.05) is 39.7 Å². The van der Waals surface area contributed by atoms with Gasteiger partial charge in [-0.2, -0.15) is 13.2 Å². The summed E-state index contributed by atoms with van der Waals surface area (Å²) < 4.78 is 48.8. The summed E-state index contributed by atoms with van der Waals surface area (Å²) in [6, 6.07) is 1.98. The quantitative estimate of drug-likeness (QED) is 0.723. The fraction of sp³-hybridized carbons (Fsp3) is 0.737. The van der Waals surface area contributed by atoms with E-state index in [4.69, 9.17) is 23.9 Å². The number of aliphatic carboxylic acids is 1. The van der Waals surface area contributed by atoms with Gasteiger partial charge in [-0.3, -0.25) is 9.69 Å². The van der Waals surface area contributed by atoms with Crippen molar-refractivity contribution in [3.8, 4) is 0 Å². The molecule has 2 aliphatic heterocycles. The number of rotatable bonds is 5. The molecule has 1 N–H and O–H groups in total. The minimum Gasteiger partial charge on any atom is -0.475 e. The first kappa shape index (κ1) is 25.1. The number of hydrogen-bond acceptors (Lipinski definition) is 7. The van der Waals surface area contributed by atoms with Crippen LogP contribution < -0.4 is 0 Å².